The number of likely N-dealkylation sites (tertiary alicyclic amines) is 1. The Morgan fingerprint density at radius 1 is 0.973 bits per heavy atom. The van der Waals surface area contributed by atoms with Crippen molar-refractivity contribution in [1.82, 2.24) is 24.5 Å². The molecule has 0 aliphatic carbocycles. The van der Waals surface area contributed by atoms with Gasteiger partial charge in [0, 0.05) is 24.5 Å². The standard InChI is InChI=1S/C28H24FN5O3/c29-21-17-33(28(35)36-18-19-7-2-1-3-8-19)16-14-23(21)37-24-10-6-9-20-12-13-22(30-26(20)24)27-32-31-25-11-4-5-15-34(25)27/h1-13,15,21,23H,14,16-18H2. The van der Waals surface area contributed by atoms with Gasteiger partial charge in [0.25, 0.3) is 0 Å². The van der Waals surface area contributed by atoms with E-state index in [1.54, 1.807) is 6.07 Å². The van der Waals surface area contributed by atoms with E-state index in [9.17, 15) is 4.79 Å². The molecule has 5 aromatic rings. The molecular weight excluding hydrogens is 473 g/mol. The Bertz CT molecular complexity index is 1560. The molecule has 0 spiro atoms. The van der Waals surface area contributed by atoms with E-state index in [1.165, 1.54) is 4.90 Å². The van der Waals surface area contributed by atoms with Gasteiger partial charge in [-0.3, -0.25) is 4.40 Å². The first-order chi connectivity index (χ1) is 18.2. The monoisotopic (exact) mass is 497 g/mol. The highest BCUT2D eigenvalue weighted by Gasteiger charge is 2.34. The Labute approximate surface area is 212 Å². The minimum Gasteiger partial charge on any atom is -0.485 e. The fourth-order valence-electron chi connectivity index (χ4n) is 4.51. The number of alkyl halides is 1. The van der Waals surface area contributed by atoms with Gasteiger partial charge in [-0.2, -0.15) is 0 Å². The quantitative estimate of drug-likeness (QED) is 0.337. The fourth-order valence-corrected chi connectivity index (χ4v) is 4.51. The van der Waals surface area contributed by atoms with Crippen LogP contribution < -0.4 is 4.74 Å². The van der Waals surface area contributed by atoms with E-state index < -0.39 is 18.4 Å². The molecule has 1 fully saturated rings. The number of hydrogen-bond donors (Lipinski definition) is 0. The predicted octanol–water partition coefficient (Wildman–Crippen LogP) is 5.07. The average Bonchev–Trinajstić information content (AvgIpc) is 3.37. The van der Waals surface area contributed by atoms with Crippen LogP contribution in [-0.4, -0.2) is 55.9 Å². The summed E-state index contributed by atoms with van der Waals surface area (Å²) in [6.45, 7) is 0.403. The molecule has 3 aromatic heterocycles. The van der Waals surface area contributed by atoms with E-state index in [0.29, 0.717) is 35.8 Å². The summed E-state index contributed by atoms with van der Waals surface area (Å²) < 4.78 is 28.5. The third kappa shape index (κ3) is 4.67. The molecule has 1 aliphatic rings. The van der Waals surface area contributed by atoms with Crippen molar-refractivity contribution in [3.05, 3.63) is 90.6 Å². The van der Waals surface area contributed by atoms with Gasteiger partial charge in [-0.05, 0) is 29.8 Å². The summed E-state index contributed by atoms with van der Waals surface area (Å²) in [4.78, 5) is 18.7. The molecule has 0 saturated carbocycles. The number of carbonyl (C=O) groups is 1. The number of carbonyl (C=O) groups excluding carboxylic acids is 1. The van der Waals surface area contributed by atoms with Crippen molar-refractivity contribution in [2.24, 2.45) is 0 Å². The molecule has 1 amide bonds. The molecule has 0 radical (unpaired) electrons. The number of hydrogen-bond acceptors (Lipinski definition) is 6. The third-order valence-electron chi connectivity index (χ3n) is 6.45. The molecule has 0 bridgehead atoms. The van der Waals surface area contributed by atoms with Gasteiger partial charge in [-0.25, -0.2) is 14.2 Å². The minimum absolute atomic E-state index is 0.0898. The summed E-state index contributed by atoms with van der Waals surface area (Å²) >= 11 is 0. The Hall–Kier alpha value is -4.53. The van der Waals surface area contributed by atoms with Crippen molar-refractivity contribution in [1.29, 1.82) is 0 Å². The summed E-state index contributed by atoms with van der Waals surface area (Å²) in [5, 5.41) is 9.36. The van der Waals surface area contributed by atoms with E-state index >= 15 is 4.39 Å². The highest BCUT2D eigenvalue weighted by molar-refractivity contribution is 5.86. The largest absolute Gasteiger partial charge is 0.485 e. The van der Waals surface area contributed by atoms with Crippen molar-refractivity contribution in [3.8, 4) is 17.3 Å². The predicted molar refractivity (Wildman–Crippen MR) is 136 cm³/mol. The first kappa shape index (κ1) is 22.9. The normalized spacial score (nSPS) is 17.7. The summed E-state index contributed by atoms with van der Waals surface area (Å²) in [5.41, 5.74) is 2.85. The highest BCUT2D eigenvalue weighted by atomic mass is 19.1. The number of halogens is 1. The van der Waals surface area contributed by atoms with Crippen LogP contribution in [0.15, 0.2) is 85.1 Å². The van der Waals surface area contributed by atoms with Gasteiger partial charge >= 0.3 is 6.09 Å². The Kier molecular flexibility index (Phi) is 6.10. The fraction of sp³-hybridized carbons (Fsp3) is 0.214. The van der Waals surface area contributed by atoms with E-state index in [4.69, 9.17) is 14.5 Å². The Balaban J connectivity index is 1.17. The number of ether oxygens (including phenoxy) is 2. The van der Waals surface area contributed by atoms with E-state index in [-0.39, 0.29) is 13.2 Å². The van der Waals surface area contributed by atoms with Crippen molar-refractivity contribution < 1.29 is 18.7 Å². The molecule has 1 saturated heterocycles. The number of aromatic nitrogens is 4. The van der Waals surface area contributed by atoms with Gasteiger partial charge in [0.1, 0.15) is 29.7 Å². The zero-order chi connectivity index (χ0) is 25.2. The molecule has 2 atom stereocenters. The number of fused-ring (bicyclic) bond motifs is 2. The zero-order valence-electron chi connectivity index (χ0n) is 19.9. The van der Waals surface area contributed by atoms with Gasteiger partial charge in [-0.15, -0.1) is 10.2 Å². The lowest BCUT2D eigenvalue weighted by Crippen LogP contribution is -2.49. The van der Waals surface area contributed by atoms with E-state index in [1.807, 2.05) is 83.4 Å². The molecule has 37 heavy (non-hydrogen) atoms. The Morgan fingerprint density at radius 3 is 2.70 bits per heavy atom. The van der Waals surface area contributed by atoms with Crippen LogP contribution in [0.3, 0.4) is 0 Å². The summed E-state index contributed by atoms with van der Waals surface area (Å²) in [7, 11) is 0. The van der Waals surface area contributed by atoms with E-state index in [0.717, 1.165) is 16.6 Å². The van der Waals surface area contributed by atoms with Crippen LogP contribution in [0, 0.1) is 0 Å². The maximum absolute atomic E-state index is 15.2. The number of piperidine rings is 1. The highest BCUT2D eigenvalue weighted by Crippen LogP contribution is 2.30. The lowest BCUT2D eigenvalue weighted by molar-refractivity contribution is 0.0153. The molecule has 1 aliphatic heterocycles. The maximum atomic E-state index is 15.2. The third-order valence-corrected chi connectivity index (χ3v) is 6.45. The lowest BCUT2D eigenvalue weighted by Gasteiger charge is -2.34. The summed E-state index contributed by atoms with van der Waals surface area (Å²) in [6.07, 6.45) is -0.375. The van der Waals surface area contributed by atoms with Crippen LogP contribution in [0.25, 0.3) is 28.1 Å². The second kappa shape index (κ2) is 9.85. The van der Waals surface area contributed by atoms with Gasteiger partial charge in [-0.1, -0.05) is 54.6 Å². The van der Waals surface area contributed by atoms with Crippen molar-refractivity contribution >= 4 is 22.6 Å². The number of para-hydroxylation sites is 1. The average molecular weight is 498 g/mol. The van der Waals surface area contributed by atoms with Crippen LogP contribution >= 0.6 is 0 Å². The van der Waals surface area contributed by atoms with Crippen LogP contribution in [0.2, 0.25) is 0 Å². The van der Waals surface area contributed by atoms with Crippen LogP contribution in [0.4, 0.5) is 9.18 Å². The number of rotatable bonds is 5. The SMILES string of the molecule is O=C(OCc1ccccc1)N1CCC(Oc2cccc3ccc(-c4nnc5ccccn45)nc23)C(F)C1. The zero-order valence-corrected chi connectivity index (χ0v) is 19.9. The molecule has 4 heterocycles. The molecule has 2 unspecified atom stereocenters. The first-order valence-electron chi connectivity index (χ1n) is 12.1. The molecule has 8 nitrogen and oxygen atoms in total. The first-order valence-corrected chi connectivity index (χ1v) is 12.1. The van der Waals surface area contributed by atoms with Gasteiger partial charge in [0.05, 0.1) is 6.54 Å². The number of pyridine rings is 2. The van der Waals surface area contributed by atoms with Crippen LogP contribution in [-0.2, 0) is 11.3 Å². The molecule has 186 valence electrons. The molecule has 2 aromatic carbocycles. The van der Waals surface area contributed by atoms with Crippen molar-refractivity contribution in [2.45, 2.75) is 25.3 Å². The second-order valence-electron chi connectivity index (χ2n) is 8.92. The summed E-state index contributed by atoms with van der Waals surface area (Å²) in [6, 6.07) is 24.5. The number of benzene rings is 2. The lowest BCUT2D eigenvalue weighted by atomic mass is 10.1. The minimum atomic E-state index is -1.36. The van der Waals surface area contributed by atoms with Crippen LogP contribution in [0.5, 0.6) is 5.75 Å². The van der Waals surface area contributed by atoms with Gasteiger partial charge in [0.2, 0.25) is 0 Å². The molecule has 6 rings (SSSR count). The Morgan fingerprint density at radius 2 is 1.84 bits per heavy atom. The maximum Gasteiger partial charge on any atom is 0.410 e. The second-order valence-corrected chi connectivity index (χ2v) is 8.92. The van der Waals surface area contributed by atoms with Gasteiger partial charge in [0.15, 0.2) is 17.6 Å². The van der Waals surface area contributed by atoms with Crippen molar-refractivity contribution in [2.75, 3.05) is 13.1 Å². The molecular formula is C28H24FN5O3. The number of nitrogens with zero attached hydrogens (tertiary/aromatic N) is 5. The van der Waals surface area contributed by atoms with E-state index in [2.05, 4.69) is 10.2 Å². The molecule has 0 N–H and O–H groups in total. The van der Waals surface area contributed by atoms with Crippen molar-refractivity contribution in [3.63, 3.8) is 0 Å². The smallest absolute Gasteiger partial charge is 0.410 e. The van der Waals surface area contributed by atoms with Crippen LogP contribution in [0.1, 0.15) is 12.0 Å². The topological polar surface area (TPSA) is 81.8 Å². The summed E-state index contributed by atoms with van der Waals surface area (Å²) in [5.74, 6) is 1.10. The number of amides is 1. The van der Waals surface area contributed by atoms with Gasteiger partial charge < -0.3 is 14.4 Å². The molecule has 9 heteroatoms.